The number of benzene rings is 1. The Morgan fingerprint density at radius 1 is 1.43 bits per heavy atom. The second kappa shape index (κ2) is 6.57. The van der Waals surface area contributed by atoms with Crippen LogP contribution in [0, 0.1) is 0 Å². The average molecular weight is 288 g/mol. The number of fused-ring (bicyclic) bond motifs is 1. The summed E-state index contributed by atoms with van der Waals surface area (Å²) in [6, 6.07) is 7.40. The van der Waals surface area contributed by atoms with E-state index in [9.17, 15) is 9.59 Å². The lowest BCUT2D eigenvalue weighted by molar-refractivity contribution is -0.143. The van der Waals surface area contributed by atoms with Crippen molar-refractivity contribution in [2.24, 2.45) is 0 Å². The smallest absolute Gasteiger partial charge is 0.339 e. The molecule has 0 amide bonds. The van der Waals surface area contributed by atoms with Gasteiger partial charge in [-0.3, -0.25) is 0 Å². The zero-order chi connectivity index (χ0) is 15.4. The summed E-state index contributed by atoms with van der Waals surface area (Å²) in [6.45, 7) is 5.38. The van der Waals surface area contributed by atoms with Crippen LogP contribution in [-0.2, 0) is 14.3 Å². The van der Waals surface area contributed by atoms with E-state index in [1.807, 2.05) is 25.1 Å². The number of carbonyl (C=O) groups excluding carboxylic acids is 2. The molecule has 2 unspecified atom stereocenters. The minimum absolute atomic E-state index is 0.209. The van der Waals surface area contributed by atoms with Crippen LogP contribution in [0.4, 0.5) is 0 Å². The fourth-order valence-electron chi connectivity index (χ4n) is 2.27. The molecule has 1 aromatic carbocycles. The number of hydrogen-bond donors (Lipinski definition) is 0. The molecule has 0 aromatic heterocycles. The van der Waals surface area contributed by atoms with Crippen molar-refractivity contribution in [3.8, 4) is 0 Å². The SMILES string of the molecule is CC=C(C)C(=O)OC(C)CCC1OC(=O)c2ccccc21. The number of carbonyl (C=O) groups is 2. The Morgan fingerprint density at radius 2 is 2.14 bits per heavy atom. The molecule has 0 aliphatic carbocycles. The van der Waals surface area contributed by atoms with Crippen molar-refractivity contribution in [2.75, 3.05) is 0 Å². The summed E-state index contributed by atoms with van der Waals surface area (Å²) in [4.78, 5) is 23.4. The third kappa shape index (κ3) is 3.51. The van der Waals surface area contributed by atoms with Crippen molar-refractivity contribution >= 4 is 11.9 Å². The average Bonchev–Trinajstić information content (AvgIpc) is 2.81. The topological polar surface area (TPSA) is 52.6 Å². The molecule has 4 heteroatoms. The molecular formula is C17H20O4. The van der Waals surface area contributed by atoms with E-state index in [0.717, 1.165) is 5.56 Å². The molecule has 21 heavy (non-hydrogen) atoms. The van der Waals surface area contributed by atoms with Gasteiger partial charge in [-0.1, -0.05) is 24.3 Å². The normalized spacial score (nSPS) is 18.9. The van der Waals surface area contributed by atoms with E-state index in [1.54, 1.807) is 26.0 Å². The van der Waals surface area contributed by atoms with E-state index in [-0.39, 0.29) is 24.1 Å². The molecule has 2 atom stereocenters. The van der Waals surface area contributed by atoms with Crippen LogP contribution in [0.1, 0.15) is 55.6 Å². The van der Waals surface area contributed by atoms with Crippen molar-refractivity contribution in [2.45, 2.75) is 45.8 Å². The van der Waals surface area contributed by atoms with E-state index in [0.29, 0.717) is 24.0 Å². The van der Waals surface area contributed by atoms with Crippen molar-refractivity contribution < 1.29 is 19.1 Å². The first-order valence-corrected chi connectivity index (χ1v) is 7.16. The zero-order valence-electron chi connectivity index (χ0n) is 12.6. The van der Waals surface area contributed by atoms with Crippen LogP contribution in [0.25, 0.3) is 0 Å². The lowest BCUT2D eigenvalue weighted by atomic mass is 10.0. The van der Waals surface area contributed by atoms with Crippen LogP contribution < -0.4 is 0 Å². The van der Waals surface area contributed by atoms with Gasteiger partial charge in [0.2, 0.25) is 0 Å². The van der Waals surface area contributed by atoms with Crippen LogP contribution in [0.15, 0.2) is 35.9 Å². The summed E-state index contributed by atoms with van der Waals surface area (Å²) >= 11 is 0. The van der Waals surface area contributed by atoms with E-state index in [2.05, 4.69) is 0 Å². The first kappa shape index (κ1) is 15.3. The van der Waals surface area contributed by atoms with E-state index < -0.39 is 0 Å². The largest absolute Gasteiger partial charge is 0.459 e. The Bertz CT molecular complexity index is 574. The number of ether oxygens (including phenoxy) is 2. The molecule has 0 bridgehead atoms. The van der Waals surface area contributed by atoms with Gasteiger partial charge < -0.3 is 9.47 Å². The fraction of sp³-hybridized carbons (Fsp3) is 0.412. The lowest BCUT2D eigenvalue weighted by Gasteiger charge is -2.16. The minimum atomic E-state index is -0.297. The van der Waals surface area contributed by atoms with Gasteiger partial charge in [0.1, 0.15) is 6.10 Å². The molecule has 0 saturated heterocycles. The van der Waals surface area contributed by atoms with Gasteiger partial charge in [0.05, 0.1) is 11.7 Å². The predicted octanol–water partition coefficient (Wildman–Crippen LogP) is 3.58. The number of cyclic esters (lactones) is 1. The van der Waals surface area contributed by atoms with Crippen molar-refractivity contribution in [1.29, 1.82) is 0 Å². The number of esters is 2. The Hall–Kier alpha value is -2.10. The summed E-state index contributed by atoms with van der Waals surface area (Å²) in [5.74, 6) is -0.571. The van der Waals surface area contributed by atoms with Gasteiger partial charge in [0.25, 0.3) is 0 Å². The number of allylic oxidation sites excluding steroid dienone is 1. The predicted molar refractivity (Wildman–Crippen MR) is 78.8 cm³/mol. The lowest BCUT2D eigenvalue weighted by Crippen LogP contribution is -2.16. The molecule has 1 aliphatic rings. The monoisotopic (exact) mass is 288 g/mol. The quantitative estimate of drug-likeness (QED) is 0.614. The fourth-order valence-corrected chi connectivity index (χ4v) is 2.27. The molecule has 0 N–H and O–H groups in total. The van der Waals surface area contributed by atoms with Gasteiger partial charge >= 0.3 is 11.9 Å². The summed E-state index contributed by atoms with van der Waals surface area (Å²) in [7, 11) is 0. The molecule has 1 heterocycles. The van der Waals surface area contributed by atoms with Crippen LogP contribution in [0.3, 0.4) is 0 Å². The van der Waals surface area contributed by atoms with Crippen molar-refractivity contribution in [3.05, 3.63) is 47.0 Å². The van der Waals surface area contributed by atoms with Crippen molar-refractivity contribution in [3.63, 3.8) is 0 Å². The Morgan fingerprint density at radius 3 is 2.86 bits per heavy atom. The highest BCUT2D eigenvalue weighted by molar-refractivity contribution is 5.93. The van der Waals surface area contributed by atoms with Crippen LogP contribution in [0.2, 0.25) is 0 Å². The van der Waals surface area contributed by atoms with Crippen LogP contribution in [-0.4, -0.2) is 18.0 Å². The van der Waals surface area contributed by atoms with Crippen LogP contribution >= 0.6 is 0 Å². The maximum absolute atomic E-state index is 11.7. The number of hydrogen-bond acceptors (Lipinski definition) is 4. The molecule has 2 rings (SSSR count). The Balaban J connectivity index is 1.90. The zero-order valence-corrected chi connectivity index (χ0v) is 12.6. The van der Waals surface area contributed by atoms with Gasteiger partial charge in [-0.15, -0.1) is 0 Å². The van der Waals surface area contributed by atoms with Crippen LogP contribution in [0.5, 0.6) is 0 Å². The summed E-state index contributed by atoms with van der Waals surface area (Å²) in [5, 5.41) is 0. The summed E-state index contributed by atoms with van der Waals surface area (Å²) in [6.07, 6.45) is 2.57. The second-order valence-corrected chi connectivity index (χ2v) is 5.25. The third-order valence-corrected chi connectivity index (χ3v) is 3.68. The van der Waals surface area contributed by atoms with E-state index in [1.165, 1.54) is 0 Å². The van der Waals surface area contributed by atoms with E-state index >= 15 is 0 Å². The van der Waals surface area contributed by atoms with E-state index in [4.69, 9.17) is 9.47 Å². The highest BCUT2D eigenvalue weighted by atomic mass is 16.6. The standard InChI is InChI=1S/C17H20O4/c1-4-11(2)16(18)20-12(3)9-10-15-13-7-5-6-8-14(13)17(19)21-15/h4-8,12,15H,9-10H2,1-3H3. The first-order chi connectivity index (χ1) is 10.0. The maximum atomic E-state index is 11.7. The number of rotatable bonds is 5. The Kier molecular flexibility index (Phi) is 4.78. The molecule has 0 fully saturated rings. The molecule has 112 valence electrons. The molecule has 4 nitrogen and oxygen atoms in total. The van der Waals surface area contributed by atoms with Crippen molar-refractivity contribution in [1.82, 2.24) is 0 Å². The van der Waals surface area contributed by atoms with Gasteiger partial charge in [0.15, 0.2) is 0 Å². The molecule has 0 spiro atoms. The van der Waals surface area contributed by atoms with Gasteiger partial charge in [0, 0.05) is 11.1 Å². The Labute approximate surface area is 124 Å². The molecular weight excluding hydrogens is 268 g/mol. The summed E-state index contributed by atoms with van der Waals surface area (Å²) in [5.41, 5.74) is 2.15. The highest BCUT2D eigenvalue weighted by Gasteiger charge is 2.30. The molecule has 0 saturated carbocycles. The molecule has 1 aliphatic heterocycles. The molecule has 0 radical (unpaired) electrons. The van der Waals surface area contributed by atoms with Gasteiger partial charge in [-0.25, -0.2) is 9.59 Å². The highest BCUT2D eigenvalue weighted by Crippen LogP contribution is 2.34. The second-order valence-electron chi connectivity index (χ2n) is 5.25. The first-order valence-electron chi connectivity index (χ1n) is 7.16. The van der Waals surface area contributed by atoms with Gasteiger partial charge in [-0.05, 0) is 39.7 Å². The third-order valence-electron chi connectivity index (χ3n) is 3.68. The minimum Gasteiger partial charge on any atom is -0.459 e. The molecule has 1 aromatic rings. The van der Waals surface area contributed by atoms with Gasteiger partial charge in [-0.2, -0.15) is 0 Å². The maximum Gasteiger partial charge on any atom is 0.339 e. The summed E-state index contributed by atoms with van der Waals surface area (Å²) < 4.78 is 10.7.